The van der Waals surface area contributed by atoms with Crippen LogP contribution in [-0.2, 0) is 0 Å². The monoisotopic (exact) mass is 261 g/mol. The second-order valence-electron chi connectivity index (χ2n) is 3.44. The van der Waals surface area contributed by atoms with Gasteiger partial charge in [0.05, 0.1) is 16.9 Å². The largest absolute Gasteiger partial charge is 0.365 e. The van der Waals surface area contributed by atoms with Gasteiger partial charge in [-0.3, -0.25) is 0 Å². The standard InChI is InChI=1S/C12H12ClN5/c1-2-7-14-11-8-15-18-12(17-11)16-10-6-4-3-5-9(10)13/h2-6,8H,1,7H2,(H2,14,16,17,18). The predicted molar refractivity (Wildman–Crippen MR) is 73.2 cm³/mol. The number of nitrogens with zero attached hydrogens (tertiary/aromatic N) is 3. The summed E-state index contributed by atoms with van der Waals surface area (Å²) in [5.74, 6) is 1.01. The van der Waals surface area contributed by atoms with Gasteiger partial charge in [0.2, 0.25) is 5.95 Å². The molecule has 0 bridgehead atoms. The van der Waals surface area contributed by atoms with E-state index in [0.717, 1.165) is 5.69 Å². The topological polar surface area (TPSA) is 62.7 Å². The Morgan fingerprint density at radius 2 is 2.17 bits per heavy atom. The van der Waals surface area contributed by atoms with E-state index in [1.54, 1.807) is 18.3 Å². The van der Waals surface area contributed by atoms with Crippen molar-refractivity contribution in [3.8, 4) is 0 Å². The minimum atomic E-state index is 0.386. The first-order chi connectivity index (χ1) is 8.79. The lowest BCUT2D eigenvalue weighted by atomic mass is 10.3. The van der Waals surface area contributed by atoms with Crippen molar-refractivity contribution in [1.82, 2.24) is 15.2 Å². The summed E-state index contributed by atoms with van der Waals surface area (Å²) < 4.78 is 0. The lowest BCUT2D eigenvalue weighted by molar-refractivity contribution is 0.976. The molecule has 2 rings (SSSR count). The zero-order chi connectivity index (χ0) is 12.8. The number of para-hydroxylation sites is 1. The highest BCUT2D eigenvalue weighted by Gasteiger charge is 2.03. The maximum absolute atomic E-state index is 6.03. The maximum atomic E-state index is 6.03. The van der Waals surface area contributed by atoms with E-state index in [2.05, 4.69) is 32.4 Å². The summed E-state index contributed by atoms with van der Waals surface area (Å²) in [6.45, 7) is 4.23. The molecular weight excluding hydrogens is 250 g/mol. The number of benzene rings is 1. The van der Waals surface area contributed by atoms with Gasteiger partial charge in [-0.2, -0.15) is 10.1 Å². The van der Waals surface area contributed by atoms with Crippen LogP contribution in [0.25, 0.3) is 0 Å². The molecule has 0 unspecified atom stereocenters. The highest BCUT2D eigenvalue weighted by Crippen LogP contribution is 2.23. The number of rotatable bonds is 5. The van der Waals surface area contributed by atoms with E-state index in [1.165, 1.54) is 0 Å². The van der Waals surface area contributed by atoms with Crippen molar-refractivity contribution in [1.29, 1.82) is 0 Å². The molecule has 0 aliphatic carbocycles. The van der Waals surface area contributed by atoms with E-state index in [9.17, 15) is 0 Å². The third kappa shape index (κ3) is 3.18. The molecule has 1 aromatic heterocycles. The fourth-order valence-corrected chi connectivity index (χ4v) is 1.48. The Balaban J connectivity index is 2.14. The number of nitrogens with one attached hydrogen (secondary N) is 2. The van der Waals surface area contributed by atoms with Gasteiger partial charge in [0.15, 0.2) is 5.82 Å². The van der Waals surface area contributed by atoms with Crippen LogP contribution in [0.2, 0.25) is 5.02 Å². The second-order valence-corrected chi connectivity index (χ2v) is 3.85. The Morgan fingerprint density at radius 1 is 1.33 bits per heavy atom. The third-order valence-electron chi connectivity index (χ3n) is 2.11. The molecule has 0 aliphatic heterocycles. The molecule has 0 amide bonds. The van der Waals surface area contributed by atoms with Crippen LogP contribution >= 0.6 is 11.6 Å². The van der Waals surface area contributed by atoms with E-state index in [4.69, 9.17) is 11.6 Å². The Morgan fingerprint density at radius 3 is 2.94 bits per heavy atom. The molecule has 0 aliphatic rings. The van der Waals surface area contributed by atoms with Crippen LogP contribution in [0.15, 0.2) is 43.1 Å². The van der Waals surface area contributed by atoms with E-state index in [1.807, 2.05) is 18.2 Å². The molecule has 0 spiro atoms. The summed E-state index contributed by atoms with van der Waals surface area (Å²) in [6, 6.07) is 7.36. The van der Waals surface area contributed by atoms with Crippen LogP contribution < -0.4 is 10.6 Å². The fraction of sp³-hybridized carbons (Fsp3) is 0.0833. The Labute approximate surface area is 110 Å². The Hall–Kier alpha value is -2.14. The second kappa shape index (κ2) is 5.97. The van der Waals surface area contributed by atoms with Gasteiger partial charge >= 0.3 is 0 Å². The highest BCUT2D eigenvalue weighted by atomic mass is 35.5. The first-order valence-electron chi connectivity index (χ1n) is 5.35. The summed E-state index contributed by atoms with van der Waals surface area (Å²) in [4.78, 5) is 4.24. The third-order valence-corrected chi connectivity index (χ3v) is 2.44. The van der Waals surface area contributed by atoms with Gasteiger partial charge in [-0.05, 0) is 12.1 Å². The van der Waals surface area contributed by atoms with Gasteiger partial charge in [-0.1, -0.05) is 29.8 Å². The van der Waals surface area contributed by atoms with E-state index < -0.39 is 0 Å². The molecule has 92 valence electrons. The number of aromatic nitrogens is 3. The summed E-state index contributed by atoms with van der Waals surface area (Å²) in [5.41, 5.74) is 0.738. The van der Waals surface area contributed by atoms with Crippen molar-refractivity contribution in [2.75, 3.05) is 17.2 Å². The molecule has 2 aromatic rings. The van der Waals surface area contributed by atoms with Crippen LogP contribution in [0, 0.1) is 0 Å². The minimum Gasteiger partial charge on any atom is -0.365 e. The van der Waals surface area contributed by atoms with Gasteiger partial charge in [-0.25, -0.2) is 0 Å². The number of hydrogen-bond donors (Lipinski definition) is 2. The zero-order valence-electron chi connectivity index (χ0n) is 9.60. The Bertz CT molecular complexity index is 543. The minimum absolute atomic E-state index is 0.386. The van der Waals surface area contributed by atoms with E-state index in [-0.39, 0.29) is 0 Å². The molecule has 6 heteroatoms. The number of halogens is 1. The van der Waals surface area contributed by atoms with Crippen molar-refractivity contribution >= 4 is 29.1 Å². The molecule has 5 nitrogen and oxygen atoms in total. The molecule has 0 saturated carbocycles. The van der Waals surface area contributed by atoms with Gasteiger partial charge in [-0.15, -0.1) is 11.7 Å². The molecule has 0 atom stereocenters. The van der Waals surface area contributed by atoms with Crippen molar-refractivity contribution in [2.45, 2.75) is 0 Å². The predicted octanol–water partition coefficient (Wildman–Crippen LogP) is 2.87. The van der Waals surface area contributed by atoms with Crippen LogP contribution in [0.3, 0.4) is 0 Å². The van der Waals surface area contributed by atoms with Gasteiger partial charge in [0.25, 0.3) is 0 Å². The normalized spacial score (nSPS) is 9.83. The van der Waals surface area contributed by atoms with E-state index in [0.29, 0.717) is 23.3 Å². The fourth-order valence-electron chi connectivity index (χ4n) is 1.30. The first-order valence-corrected chi connectivity index (χ1v) is 5.73. The molecule has 1 aromatic carbocycles. The lowest BCUT2D eigenvalue weighted by Crippen LogP contribution is -2.05. The molecule has 2 N–H and O–H groups in total. The average molecular weight is 262 g/mol. The molecule has 18 heavy (non-hydrogen) atoms. The van der Waals surface area contributed by atoms with Crippen molar-refractivity contribution in [3.63, 3.8) is 0 Å². The molecule has 0 saturated heterocycles. The summed E-state index contributed by atoms with van der Waals surface area (Å²) >= 11 is 6.03. The molecule has 1 heterocycles. The molecule has 0 fully saturated rings. The van der Waals surface area contributed by atoms with Crippen molar-refractivity contribution in [2.24, 2.45) is 0 Å². The van der Waals surface area contributed by atoms with Gasteiger partial charge in [0, 0.05) is 6.54 Å². The summed E-state index contributed by atoms with van der Waals surface area (Å²) in [5, 5.41) is 14.4. The quantitative estimate of drug-likeness (QED) is 0.811. The Kier molecular flexibility index (Phi) is 4.09. The SMILES string of the molecule is C=CCNc1cnnc(Nc2ccccc2Cl)n1. The van der Waals surface area contributed by atoms with Crippen LogP contribution in [0.4, 0.5) is 17.5 Å². The smallest absolute Gasteiger partial charge is 0.249 e. The average Bonchev–Trinajstić information content (AvgIpc) is 2.40. The van der Waals surface area contributed by atoms with Gasteiger partial charge in [0.1, 0.15) is 0 Å². The summed E-state index contributed by atoms with van der Waals surface area (Å²) in [6.07, 6.45) is 3.28. The summed E-state index contributed by atoms with van der Waals surface area (Å²) in [7, 11) is 0. The van der Waals surface area contributed by atoms with Crippen molar-refractivity contribution < 1.29 is 0 Å². The lowest BCUT2D eigenvalue weighted by Gasteiger charge is -2.07. The van der Waals surface area contributed by atoms with Gasteiger partial charge < -0.3 is 10.6 Å². The number of anilines is 3. The maximum Gasteiger partial charge on any atom is 0.249 e. The van der Waals surface area contributed by atoms with Crippen LogP contribution in [0.1, 0.15) is 0 Å². The molecule has 0 radical (unpaired) electrons. The first kappa shape index (κ1) is 12.3. The highest BCUT2D eigenvalue weighted by molar-refractivity contribution is 6.33. The van der Waals surface area contributed by atoms with Crippen LogP contribution in [0.5, 0.6) is 0 Å². The zero-order valence-corrected chi connectivity index (χ0v) is 10.4. The van der Waals surface area contributed by atoms with Crippen molar-refractivity contribution in [3.05, 3.63) is 48.1 Å². The number of hydrogen-bond acceptors (Lipinski definition) is 5. The molecular formula is C12H12ClN5. The van der Waals surface area contributed by atoms with Crippen LogP contribution in [-0.4, -0.2) is 21.7 Å². The van der Waals surface area contributed by atoms with E-state index >= 15 is 0 Å².